The van der Waals surface area contributed by atoms with Crippen molar-refractivity contribution < 1.29 is 23.0 Å². The van der Waals surface area contributed by atoms with Gasteiger partial charge in [-0.05, 0) is 61.9 Å². The van der Waals surface area contributed by atoms with Gasteiger partial charge in [-0.2, -0.15) is 15.7 Å². The molecule has 2 aromatic carbocycles. The highest BCUT2D eigenvalue weighted by molar-refractivity contribution is 8.24. The lowest BCUT2D eigenvalue weighted by Crippen LogP contribution is -2.46. The lowest BCUT2D eigenvalue weighted by Gasteiger charge is -2.30. The normalized spacial score (nSPS) is 20.0. The van der Waals surface area contributed by atoms with Crippen LogP contribution in [-0.2, 0) is 0 Å². The molecule has 5 rings (SSSR count). The van der Waals surface area contributed by atoms with Crippen LogP contribution in [0.1, 0.15) is 23.7 Å². The summed E-state index contributed by atoms with van der Waals surface area (Å²) in [4.78, 5) is 17.4. The molecule has 1 atom stereocenters. The van der Waals surface area contributed by atoms with Crippen molar-refractivity contribution in [3.63, 3.8) is 0 Å². The first-order valence-corrected chi connectivity index (χ1v) is 12.9. The second-order valence-electron chi connectivity index (χ2n) is 8.97. The summed E-state index contributed by atoms with van der Waals surface area (Å²) < 4.78 is 40.4. The Balaban J connectivity index is 1.58. The minimum Gasteiger partial charge on any atom is -0.481 e. The van der Waals surface area contributed by atoms with Crippen molar-refractivity contribution in [2.75, 3.05) is 18.6 Å². The topological polar surface area (TPSA) is 110 Å². The van der Waals surface area contributed by atoms with Crippen LogP contribution in [0, 0.1) is 5.82 Å². The highest BCUT2D eigenvalue weighted by Gasteiger charge is 2.39. The van der Waals surface area contributed by atoms with E-state index in [1.165, 1.54) is 12.1 Å². The number of halogens is 1. The van der Waals surface area contributed by atoms with Crippen LogP contribution in [0.3, 0.4) is 0 Å². The third-order valence-electron chi connectivity index (χ3n) is 6.18. The van der Waals surface area contributed by atoms with Crippen LogP contribution in [0.15, 0.2) is 60.8 Å². The molecule has 1 aliphatic rings. The van der Waals surface area contributed by atoms with Crippen LogP contribution in [0.4, 0.5) is 4.39 Å². The predicted molar refractivity (Wildman–Crippen MR) is 134 cm³/mol. The maximum atomic E-state index is 13.6. The molecule has 3 heterocycles. The first-order valence-electron chi connectivity index (χ1n) is 11.0. The number of benzene rings is 2. The zero-order valence-corrected chi connectivity index (χ0v) is 20.1. The Kier molecular flexibility index (Phi) is 5.74. The third-order valence-corrected chi connectivity index (χ3v) is 8.14. The highest BCUT2D eigenvalue weighted by atomic mass is 32.3. The molecule has 0 spiro atoms. The van der Waals surface area contributed by atoms with E-state index in [1.54, 1.807) is 48.3 Å². The number of aromatic nitrogens is 3. The fraction of sp³-hybridized carbons (Fsp3) is 0.240. The van der Waals surface area contributed by atoms with Crippen molar-refractivity contribution in [1.29, 1.82) is 0 Å². The minimum absolute atomic E-state index is 0.135. The number of methoxy groups -OCH3 is 1. The van der Waals surface area contributed by atoms with Crippen LogP contribution in [0.2, 0.25) is 0 Å². The van der Waals surface area contributed by atoms with E-state index in [4.69, 9.17) is 9.84 Å². The molecule has 1 fully saturated rings. The van der Waals surface area contributed by atoms with E-state index in [9.17, 15) is 18.3 Å². The van der Waals surface area contributed by atoms with Crippen LogP contribution in [-0.4, -0.2) is 53.9 Å². The van der Waals surface area contributed by atoms with E-state index in [-0.39, 0.29) is 23.2 Å². The summed E-state index contributed by atoms with van der Waals surface area (Å²) >= 11 is 0. The molecule has 1 saturated heterocycles. The standard InChI is InChI=1S/C25H25FN4O4S/c1-25(11-12-35(32,33)15-25)28-24(31)16-3-9-20-21(13-16)30(19-7-5-18(26)6-8-19)29-23(20)17-4-10-22(34-2)27-14-17/h3-10,13-14,32-33H,11-12,15H2,1-2H3,(H,28,31). The summed E-state index contributed by atoms with van der Waals surface area (Å²) in [6.07, 6.45) is 2.15. The number of amides is 1. The first kappa shape index (κ1) is 23.3. The third kappa shape index (κ3) is 4.60. The second kappa shape index (κ2) is 8.63. The van der Waals surface area contributed by atoms with Gasteiger partial charge >= 0.3 is 0 Å². The predicted octanol–water partition coefficient (Wildman–Crippen LogP) is 4.88. The molecule has 2 aromatic heterocycles. The monoisotopic (exact) mass is 496 g/mol. The molecular weight excluding hydrogens is 471 g/mol. The van der Waals surface area contributed by atoms with Gasteiger partial charge in [0.1, 0.15) is 11.5 Å². The van der Waals surface area contributed by atoms with Gasteiger partial charge < -0.3 is 10.1 Å². The van der Waals surface area contributed by atoms with E-state index >= 15 is 0 Å². The number of ether oxygens (including phenoxy) is 1. The lowest BCUT2D eigenvalue weighted by atomic mass is 10.0. The number of carbonyl (C=O) groups is 1. The fourth-order valence-electron chi connectivity index (χ4n) is 4.38. The van der Waals surface area contributed by atoms with Crippen LogP contribution in [0.5, 0.6) is 5.88 Å². The average Bonchev–Trinajstić information content (AvgIpc) is 3.35. The number of hydrogen-bond donors (Lipinski definition) is 3. The Morgan fingerprint density at radius 2 is 1.94 bits per heavy atom. The number of fused-ring (bicyclic) bond motifs is 1. The molecule has 0 saturated carbocycles. The van der Waals surface area contributed by atoms with Gasteiger partial charge in [-0.3, -0.25) is 13.9 Å². The fourth-order valence-corrected chi connectivity index (χ4v) is 6.54. The quantitative estimate of drug-likeness (QED) is 0.363. The molecule has 10 heteroatoms. The molecule has 1 aliphatic heterocycles. The molecule has 0 aliphatic carbocycles. The summed E-state index contributed by atoms with van der Waals surface area (Å²) in [5.41, 5.74) is 2.43. The molecular formula is C25H25FN4O4S. The maximum Gasteiger partial charge on any atom is 0.251 e. The van der Waals surface area contributed by atoms with E-state index in [2.05, 4.69) is 10.3 Å². The Hall–Kier alpha value is -3.47. The smallest absolute Gasteiger partial charge is 0.251 e. The molecule has 3 N–H and O–H groups in total. The number of pyridine rings is 1. The molecule has 182 valence electrons. The van der Waals surface area contributed by atoms with Gasteiger partial charge in [0, 0.05) is 34.5 Å². The van der Waals surface area contributed by atoms with Gasteiger partial charge in [0.05, 0.1) is 29.6 Å². The van der Waals surface area contributed by atoms with Gasteiger partial charge in [-0.1, -0.05) is 0 Å². The van der Waals surface area contributed by atoms with Crippen LogP contribution < -0.4 is 10.1 Å². The van der Waals surface area contributed by atoms with Gasteiger partial charge in [-0.15, -0.1) is 0 Å². The Morgan fingerprint density at radius 3 is 2.57 bits per heavy atom. The maximum absolute atomic E-state index is 13.6. The van der Waals surface area contributed by atoms with Gasteiger partial charge in [0.25, 0.3) is 5.91 Å². The van der Waals surface area contributed by atoms with Crippen molar-refractivity contribution >= 4 is 27.4 Å². The first-order chi connectivity index (χ1) is 16.7. The summed E-state index contributed by atoms with van der Waals surface area (Å²) in [6, 6.07) is 14.8. The Morgan fingerprint density at radius 1 is 1.17 bits per heavy atom. The van der Waals surface area contributed by atoms with Crippen LogP contribution >= 0.6 is 10.6 Å². The van der Waals surface area contributed by atoms with E-state index in [1.807, 2.05) is 19.1 Å². The molecule has 0 radical (unpaired) electrons. The Bertz CT molecular complexity index is 1410. The number of hydrogen-bond acceptors (Lipinski definition) is 6. The van der Waals surface area contributed by atoms with Crippen LogP contribution in [0.25, 0.3) is 27.8 Å². The minimum atomic E-state index is -2.67. The zero-order chi connectivity index (χ0) is 24.8. The zero-order valence-electron chi connectivity index (χ0n) is 19.2. The van der Waals surface area contributed by atoms with Gasteiger partial charge in [-0.25, -0.2) is 14.1 Å². The molecule has 1 unspecified atom stereocenters. The van der Waals surface area contributed by atoms with Crippen molar-refractivity contribution in [3.8, 4) is 22.8 Å². The van der Waals surface area contributed by atoms with Crippen molar-refractivity contribution in [2.24, 2.45) is 0 Å². The summed E-state index contributed by atoms with van der Waals surface area (Å²) in [5, 5.41) is 8.53. The average molecular weight is 497 g/mol. The van der Waals surface area contributed by atoms with Crippen molar-refractivity contribution in [2.45, 2.75) is 18.9 Å². The summed E-state index contributed by atoms with van der Waals surface area (Å²) in [6.45, 7) is 1.82. The van der Waals surface area contributed by atoms with Crippen molar-refractivity contribution in [1.82, 2.24) is 20.1 Å². The van der Waals surface area contributed by atoms with Gasteiger partial charge in [0.15, 0.2) is 0 Å². The number of nitrogens with zero attached hydrogens (tertiary/aromatic N) is 3. The molecule has 0 bridgehead atoms. The molecule has 4 aromatic rings. The van der Waals surface area contributed by atoms with E-state index in [0.717, 1.165) is 10.9 Å². The number of carbonyl (C=O) groups excluding carboxylic acids is 1. The molecule has 1 amide bonds. The second-order valence-corrected chi connectivity index (χ2v) is 11.3. The molecule has 8 nitrogen and oxygen atoms in total. The van der Waals surface area contributed by atoms with E-state index in [0.29, 0.717) is 34.8 Å². The number of rotatable bonds is 5. The largest absolute Gasteiger partial charge is 0.481 e. The van der Waals surface area contributed by atoms with E-state index < -0.39 is 16.1 Å². The highest BCUT2D eigenvalue weighted by Crippen LogP contribution is 2.50. The van der Waals surface area contributed by atoms with Crippen molar-refractivity contribution in [3.05, 3.63) is 72.2 Å². The summed E-state index contributed by atoms with van der Waals surface area (Å²) in [5.74, 6) is 0.217. The van der Waals surface area contributed by atoms with Gasteiger partial charge in [0.2, 0.25) is 5.88 Å². The SMILES string of the molecule is COc1ccc(-c2nn(-c3ccc(F)cc3)c3cc(C(=O)NC4(C)CCS(O)(O)C4)ccc23)cn1. The Labute approximate surface area is 203 Å². The lowest BCUT2D eigenvalue weighted by molar-refractivity contribution is 0.0915. The number of nitrogens with one attached hydrogen (secondary N) is 1. The summed E-state index contributed by atoms with van der Waals surface area (Å²) in [7, 11) is -1.13. The molecule has 35 heavy (non-hydrogen) atoms.